The Morgan fingerprint density at radius 2 is 1.76 bits per heavy atom. The maximum absolute atomic E-state index is 12.1. The number of nitrogens with zero attached hydrogens (tertiary/aromatic N) is 1. The molecule has 2 aromatic carbocycles. The first-order valence-corrected chi connectivity index (χ1v) is 8.60. The van der Waals surface area contributed by atoms with Gasteiger partial charge in [0.1, 0.15) is 12.3 Å². The Morgan fingerprint density at radius 3 is 2.40 bits per heavy atom. The van der Waals surface area contributed by atoms with Crippen LogP contribution in [0.15, 0.2) is 53.6 Å². The van der Waals surface area contributed by atoms with Crippen molar-refractivity contribution in [1.29, 1.82) is 0 Å². The van der Waals surface area contributed by atoms with E-state index >= 15 is 0 Å². The molecule has 132 valence electrons. The number of quaternary nitrogens is 1. The quantitative estimate of drug-likeness (QED) is 0.533. The number of benzene rings is 2. The molecule has 0 fully saturated rings. The average molecular weight is 340 g/mol. The molecule has 5 nitrogen and oxygen atoms in total. The van der Waals surface area contributed by atoms with Crippen LogP contribution in [0, 0.1) is 0 Å². The van der Waals surface area contributed by atoms with Gasteiger partial charge in [-0.05, 0) is 56.7 Å². The Balaban J connectivity index is 2.13. The number of nitrogens with one attached hydrogen (secondary N) is 2. The molecule has 0 saturated carbocycles. The van der Waals surface area contributed by atoms with Crippen LogP contribution in [0.3, 0.4) is 0 Å². The van der Waals surface area contributed by atoms with Crippen molar-refractivity contribution in [1.82, 2.24) is 5.43 Å². The van der Waals surface area contributed by atoms with Crippen LogP contribution >= 0.6 is 0 Å². The summed E-state index contributed by atoms with van der Waals surface area (Å²) in [4.78, 5) is 13.5. The Morgan fingerprint density at radius 1 is 1.08 bits per heavy atom. The van der Waals surface area contributed by atoms with Crippen LogP contribution in [0.25, 0.3) is 0 Å². The molecule has 0 saturated heterocycles. The van der Waals surface area contributed by atoms with Crippen LogP contribution in [0.5, 0.6) is 5.75 Å². The van der Waals surface area contributed by atoms with Crippen LogP contribution in [-0.4, -0.2) is 29.8 Å². The zero-order valence-electron chi connectivity index (χ0n) is 15.0. The summed E-state index contributed by atoms with van der Waals surface area (Å²) in [5.41, 5.74) is 5.61. The van der Waals surface area contributed by atoms with Gasteiger partial charge in [-0.2, -0.15) is 5.10 Å². The second-order valence-electron chi connectivity index (χ2n) is 5.98. The third-order valence-corrected chi connectivity index (χ3v) is 4.30. The molecule has 1 amide bonds. The molecule has 0 aliphatic heterocycles. The van der Waals surface area contributed by atoms with Gasteiger partial charge in [0, 0.05) is 11.1 Å². The fourth-order valence-corrected chi connectivity index (χ4v) is 2.57. The van der Waals surface area contributed by atoms with Crippen LogP contribution in [0.2, 0.25) is 0 Å². The summed E-state index contributed by atoms with van der Waals surface area (Å²) < 4.78 is 0. The summed E-state index contributed by atoms with van der Waals surface area (Å²) in [6.45, 7) is 8.86. The monoisotopic (exact) mass is 340 g/mol. The van der Waals surface area contributed by atoms with Gasteiger partial charge in [-0.25, -0.2) is 5.43 Å². The van der Waals surface area contributed by atoms with Crippen molar-refractivity contribution in [2.45, 2.75) is 27.3 Å². The van der Waals surface area contributed by atoms with Gasteiger partial charge in [-0.3, -0.25) is 4.79 Å². The first-order chi connectivity index (χ1) is 12.0. The minimum absolute atomic E-state index is 0.244. The lowest BCUT2D eigenvalue weighted by Crippen LogP contribution is -3.10. The van der Waals surface area contributed by atoms with Crippen molar-refractivity contribution in [3.05, 3.63) is 65.2 Å². The summed E-state index contributed by atoms with van der Waals surface area (Å²) in [6.07, 6.45) is 0. The highest BCUT2D eigenvalue weighted by molar-refractivity contribution is 6.01. The van der Waals surface area contributed by atoms with E-state index in [1.807, 2.05) is 37.3 Å². The Hall–Kier alpha value is -2.66. The molecule has 0 spiro atoms. The largest absolute Gasteiger partial charge is 0.507 e. The number of amides is 1. The molecule has 0 atom stereocenters. The van der Waals surface area contributed by atoms with Crippen LogP contribution in [0.4, 0.5) is 0 Å². The van der Waals surface area contributed by atoms with Gasteiger partial charge in [0.15, 0.2) is 0 Å². The van der Waals surface area contributed by atoms with Crippen LogP contribution < -0.4 is 10.3 Å². The maximum Gasteiger partial charge on any atom is 0.271 e. The van der Waals surface area contributed by atoms with Gasteiger partial charge in [0.2, 0.25) is 0 Å². The van der Waals surface area contributed by atoms with E-state index in [2.05, 4.69) is 24.4 Å². The van der Waals surface area contributed by atoms with Gasteiger partial charge in [-0.1, -0.05) is 18.2 Å². The van der Waals surface area contributed by atoms with E-state index in [0.29, 0.717) is 17.0 Å². The summed E-state index contributed by atoms with van der Waals surface area (Å²) >= 11 is 0. The normalized spacial score (nSPS) is 11.6. The predicted octanol–water partition coefficient (Wildman–Crippen LogP) is 1.97. The van der Waals surface area contributed by atoms with Gasteiger partial charge in [0.25, 0.3) is 5.91 Å². The number of carbonyl (C=O) groups is 1. The summed E-state index contributed by atoms with van der Waals surface area (Å²) in [6, 6.07) is 14.4. The van der Waals surface area contributed by atoms with E-state index in [1.54, 1.807) is 18.2 Å². The molecule has 2 aromatic rings. The van der Waals surface area contributed by atoms with Crippen molar-refractivity contribution in [2.24, 2.45) is 5.10 Å². The fraction of sp³-hybridized carbons (Fsp3) is 0.300. The summed E-state index contributed by atoms with van der Waals surface area (Å²) in [5, 5.41) is 14.3. The predicted molar refractivity (Wildman–Crippen MR) is 100.0 cm³/mol. The molecular formula is C20H26N3O2+. The molecule has 0 aromatic heterocycles. The summed E-state index contributed by atoms with van der Waals surface area (Å²) in [7, 11) is 0. The number of rotatable bonds is 7. The number of carbonyl (C=O) groups excluding carboxylic acids is 1. The molecule has 0 aliphatic carbocycles. The van der Waals surface area contributed by atoms with E-state index in [-0.39, 0.29) is 5.91 Å². The number of phenolic OH excluding ortho intramolecular Hbond substituents is 1. The number of hydrazone groups is 1. The topological polar surface area (TPSA) is 66.1 Å². The highest BCUT2D eigenvalue weighted by atomic mass is 16.3. The first kappa shape index (κ1) is 18.7. The lowest BCUT2D eigenvalue weighted by atomic mass is 10.1. The molecule has 0 heterocycles. The molecule has 0 unspecified atom stereocenters. The summed E-state index contributed by atoms with van der Waals surface area (Å²) in [5.74, 6) is 0.0517. The molecular weight excluding hydrogens is 314 g/mol. The van der Waals surface area contributed by atoms with Gasteiger partial charge in [0.05, 0.1) is 18.8 Å². The molecule has 3 N–H and O–H groups in total. The van der Waals surface area contributed by atoms with Gasteiger partial charge >= 0.3 is 0 Å². The fourth-order valence-electron chi connectivity index (χ4n) is 2.57. The minimum atomic E-state index is -0.244. The van der Waals surface area contributed by atoms with Gasteiger partial charge < -0.3 is 10.0 Å². The van der Waals surface area contributed by atoms with E-state index in [1.165, 1.54) is 4.90 Å². The first-order valence-electron chi connectivity index (χ1n) is 8.60. The third kappa shape index (κ3) is 5.16. The molecule has 5 heteroatoms. The van der Waals surface area contributed by atoms with E-state index < -0.39 is 0 Å². The molecule has 0 radical (unpaired) electrons. The molecule has 25 heavy (non-hydrogen) atoms. The number of aromatic hydroxyl groups is 1. The molecule has 0 bridgehead atoms. The van der Waals surface area contributed by atoms with Crippen molar-refractivity contribution in [2.75, 3.05) is 13.1 Å². The van der Waals surface area contributed by atoms with Crippen molar-refractivity contribution in [3.63, 3.8) is 0 Å². The van der Waals surface area contributed by atoms with E-state index in [4.69, 9.17) is 0 Å². The zero-order valence-corrected chi connectivity index (χ0v) is 15.0. The standard InChI is InChI=1S/C20H25N3O2/c1-4-23(5-2)14-18-13-17(11-12-19(18)24)15(3)21-22-20(25)16-9-7-6-8-10-16/h6-13,24H,4-5,14H2,1-3H3,(H,22,25)/p+1/b21-15+. The zero-order chi connectivity index (χ0) is 18.2. The Labute approximate surface area is 149 Å². The molecule has 0 aliphatic rings. The number of hydrogen-bond donors (Lipinski definition) is 3. The number of hydrogen-bond acceptors (Lipinski definition) is 3. The second-order valence-corrected chi connectivity index (χ2v) is 5.98. The van der Waals surface area contributed by atoms with Crippen molar-refractivity contribution >= 4 is 11.6 Å². The molecule has 2 rings (SSSR count). The highest BCUT2D eigenvalue weighted by Gasteiger charge is 2.11. The second kappa shape index (κ2) is 8.99. The van der Waals surface area contributed by atoms with Crippen molar-refractivity contribution < 1.29 is 14.8 Å². The Kier molecular flexibility index (Phi) is 6.71. The minimum Gasteiger partial charge on any atom is -0.507 e. The Bertz CT molecular complexity index is 738. The smallest absolute Gasteiger partial charge is 0.271 e. The van der Waals surface area contributed by atoms with Crippen LogP contribution in [-0.2, 0) is 6.54 Å². The highest BCUT2D eigenvalue weighted by Crippen LogP contribution is 2.18. The maximum atomic E-state index is 12.1. The lowest BCUT2D eigenvalue weighted by molar-refractivity contribution is -0.910. The van der Waals surface area contributed by atoms with Crippen LogP contribution in [0.1, 0.15) is 42.3 Å². The average Bonchev–Trinajstić information content (AvgIpc) is 2.65. The van der Waals surface area contributed by atoms with E-state index in [9.17, 15) is 9.90 Å². The lowest BCUT2D eigenvalue weighted by Gasteiger charge is -2.16. The number of phenols is 1. The van der Waals surface area contributed by atoms with E-state index in [0.717, 1.165) is 30.8 Å². The third-order valence-electron chi connectivity index (χ3n) is 4.30. The van der Waals surface area contributed by atoms with Gasteiger partial charge in [-0.15, -0.1) is 0 Å². The SMILES string of the molecule is CC[NH+](CC)Cc1cc(/C(C)=N/NC(=O)c2ccccc2)ccc1O. The van der Waals surface area contributed by atoms with Crippen molar-refractivity contribution in [3.8, 4) is 5.75 Å².